The van der Waals surface area contributed by atoms with Crippen LogP contribution in [0.3, 0.4) is 0 Å². The summed E-state index contributed by atoms with van der Waals surface area (Å²) in [6.07, 6.45) is 0. The Balaban J connectivity index is -0.00000000667. The first-order chi connectivity index (χ1) is 1.41. The summed E-state index contributed by atoms with van der Waals surface area (Å²) in [6, 6.07) is 0. The molecule has 0 radical (unpaired) electrons. The molecule has 5 heteroatoms. The van der Waals surface area contributed by atoms with E-state index in [1.54, 1.807) is 0 Å². The van der Waals surface area contributed by atoms with E-state index in [4.69, 9.17) is 9.90 Å². The van der Waals surface area contributed by atoms with E-state index >= 15 is 0 Å². The number of halogens is 2. The molecule has 0 unspecified atom stereocenters. The molecule has 0 saturated carbocycles. The molecule has 0 rings (SSSR count). The van der Waals surface area contributed by atoms with Crippen molar-refractivity contribution in [3.8, 4) is 0 Å². The van der Waals surface area contributed by atoms with Crippen LogP contribution in [-0.2, 0) is 4.79 Å². The number of carboxylic acid groups (broad SMARTS) is 1. The summed E-state index contributed by atoms with van der Waals surface area (Å²) in [7, 11) is 0. The van der Waals surface area contributed by atoms with E-state index in [-0.39, 0.29) is 60.8 Å². The fraction of sp³-hybridized carbons (Fsp3) is 0. The Morgan fingerprint density at radius 1 is 1.50 bits per heavy atom. The number of hydrogen-bond donors (Lipinski definition) is 1. The number of rotatable bonds is 0. The Labute approximate surface area is 70.4 Å². The molecule has 0 fully saturated rings. The van der Waals surface area contributed by atoms with Crippen LogP contribution in [0, 0.1) is 0 Å². The maximum atomic E-state index is 8.36. The Hall–Kier alpha value is 1.05. The second-order valence-corrected chi connectivity index (χ2v) is 0.105. The van der Waals surface area contributed by atoms with Crippen molar-refractivity contribution >= 4 is 18.9 Å². The Bertz CT molecular complexity index is 19.0. The molecule has 1 N–H and O–H groups in total. The fourth-order valence-corrected chi connectivity index (χ4v) is 0. The molecule has 0 amide bonds. The third-order valence-electron chi connectivity index (χ3n) is 0. The van der Waals surface area contributed by atoms with E-state index in [0.29, 0.717) is 0 Å². The normalized spacial score (nSPS) is 2.00. The van der Waals surface area contributed by atoms with Crippen LogP contribution in [0.15, 0.2) is 0 Å². The number of carbonyl (C=O) groups is 1. The van der Waals surface area contributed by atoms with Crippen LogP contribution in [0.4, 0.5) is 0 Å². The van der Waals surface area contributed by atoms with Crippen LogP contribution in [0.5, 0.6) is 0 Å². The second kappa shape index (κ2) is 36.7. The molecule has 0 aromatic carbocycles. The van der Waals surface area contributed by atoms with Crippen molar-refractivity contribution < 1.29 is 51.9 Å². The maximum absolute atomic E-state index is 8.36. The summed E-state index contributed by atoms with van der Waals surface area (Å²) < 4.78 is 0. The van der Waals surface area contributed by atoms with Gasteiger partial charge in [-0.25, -0.2) is 0 Å². The first kappa shape index (κ1) is 27.7. The predicted molar refractivity (Wildman–Crippen MR) is 15.9 cm³/mol. The molecule has 0 aliphatic rings. The maximum Gasteiger partial charge on any atom is 1.00 e. The minimum Gasteiger partial charge on any atom is -1.00 e. The van der Waals surface area contributed by atoms with E-state index in [1.165, 1.54) is 0 Å². The van der Waals surface area contributed by atoms with Crippen molar-refractivity contribution in [1.82, 2.24) is 0 Å². The van der Waals surface area contributed by atoms with Crippen LogP contribution in [0.25, 0.3) is 0 Å². The van der Waals surface area contributed by atoms with Gasteiger partial charge in [0.2, 0.25) is 0 Å². The first-order valence-corrected chi connectivity index (χ1v) is 0.494. The van der Waals surface area contributed by atoms with Crippen LogP contribution in [-0.4, -0.2) is 11.6 Å². The van der Waals surface area contributed by atoms with Gasteiger partial charge in [0.05, 0.1) is 0 Å². The van der Waals surface area contributed by atoms with Gasteiger partial charge >= 0.3 is 29.6 Å². The molecule has 0 aliphatic heterocycles. The zero-order valence-corrected chi connectivity index (χ0v) is 6.79. The van der Waals surface area contributed by atoms with Crippen molar-refractivity contribution in [1.29, 1.82) is 0 Å². The van der Waals surface area contributed by atoms with Crippen molar-refractivity contribution in [3.63, 3.8) is 0 Å². The molecule has 34 valence electrons. The molecular weight excluding hydrogens is 138 g/mol. The van der Waals surface area contributed by atoms with Crippen LogP contribution in [0.1, 0.15) is 0 Å². The van der Waals surface area contributed by atoms with Gasteiger partial charge in [-0.2, -0.15) is 0 Å². The molecule has 0 aromatic rings. The fourth-order valence-electron chi connectivity index (χ4n) is 0. The van der Waals surface area contributed by atoms with Gasteiger partial charge in [0.25, 0.3) is 6.47 Å². The average Bonchev–Trinajstić information content (AvgIpc) is 0.918. The summed E-state index contributed by atoms with van der Waals surface area (Å²) in [5.74, 6) is 0. The summed E-state index contributed by atoms with van der Waals surface area (Å²) in [5, 5.41) is 6.89. The summed E-state index contributed by atoms with van der Waals surface area (Å²) in [4.78, 5) is 8.36. The first-order valence-electron chi connectivity index (χ1n) is 0.494. The van der Waals surface area contributed by atoms with Crippen LogP contribution in [0.2, 0.25) is 0 Å². The molecule has 0 spiro atoms. The van der Waals surface area contributed by atoms with Crippen molar-refractivity contribution in [2.75, 3.05) is 0 Å². The molecule has 2 nitrogen and oxygen atoms in total. The molecule has 0 heterocycles. The van der Waals surface area contributed by atoms with Gasteiger partial charge in [-0.15, -0.1) is 12.4 Å². The van der Waals surface area contributed by atoms with E-state index in [9.17, 15) is 0 Å². The molecule has 0 aromatic heterocycles. The Morgan fingerprint density at radius 2 is 1.50 bits per heavy atom. The van der Waals surface area contributed by atoms with Gasteiger partial charge in [0.15, 0.2) is 0 Å². The SMILES string of the molecule is Cl.O=CO.[Cl-].[Na+]. The standard InChI is InChI=1S/CH2O2.2ClH.Na/c2-1-3;;;/h1H,(H,2,3);2*1H;/q;;;+1/p-1. The van der Waals surface area contributed by atoms with Gasteiger partial charge in [0, 0.05) is 0 Å². The van der Waals surface area contributed by atoms with Gasteiger partial charge in [-0.1, -0.05) is 0 Å². The predicted octanol–water partition coefficient (Wildman–Crippen LogP) is -5.87. The van der Waals surface area contributed by atoms with Crippen molar-refractivity contribution in [2.24, 2.45) is 0 Å². The quantitative estimate of drug-likeness (QED) is 0.269. The minimum absolute atomic E-state index is 0. The molecule has 0 bridgehead atoms. The third-order valence-corrected chi connectivity index (χ3v) is 0. The van der Waals surface area contributed by atoms with E-state index in [0.717, 1.165) is 0 Å². The van der Waals surface area contributed by atoms with Crippen LogP contribution >= 0.6 is 12.4 Å². The third kappa shape index (κ3) is 75.1. The van der Waals surface area contributed by atoms with E-state index in [2.05, 4.69) is 0 Å². The topological polar surface area (TPSA) is 37.3 Å². The summed E-state index contributed by atoms with van der Waals surface area (Å²) in [6.45, 7) is -0.250. The van der Waals surface area contributed by atoms with Gasteiger partial charge < -0.3 is 17.5 Å². The van der Waals surface area contributed by atoms with Crippen molar-refractivity contribution in [2.45, 2.75) is 0 Å². The van der Waals surface area contributed by atoms with Gasteiger partial charge in [-0.05, 0) is 0 Å². The molecule has 0 saturated heterocycles. The summed E-state index contributed by atoms with van der Waals surface area (Å²) >= 11 is 0. The largest absolute Gasteiger partial charge is 1.00 e. The van der Waals surface area contributed by atoms with Crippen molar-refractivity contribution in [3.05, 3.63) is 0 Å². The van der Waals surface area contributed by atoms with Gasteiger partial charge in [-0.3, -0.25) is 4.79 Å². The molecular formula is CH3Cl2NaO2. The smallest absolute Gasteiger partial charge is 1.00 e. The van der Waals surface area contributed by atoms with Crippen LogP contribution < -0.4 is 42.0 Å². The van der Waals surface area contributed by atoms with E-state index in [1.807, 2.05) is 0 Å². The Morgan fingerprint density at radius 3 is 1.50 bits per heavy atom. The zero-order chi connectivity index (χ0) is 2.71. The number of hydrogen-bond acceptors (Lipinski definition) is 1. The molecule has 0 aliphatic carbocycles. The monoisotopic (exact) mass is 140 g/mol. The van der Waals surface area contributed by atoms with Gasteiger partial charge in [0.1, 0.15) is 0 Å². The van der Waals surface area contributed by atoms with E-state index < -0.39 is 0 Å². The minimum atomic E-state index is -0.250. The Kier molecular flexibility index (Phi) is 170. The average molecular weight is 141 g/mol. The second-order valence-electron chi connectivity index (χ2n) is 0.105. The molecule has 0 atom stereocenters. The summed E-state index contributed by atoms with van der Waals surface area (Å²) in [5.41, 5.74) is 0. The zero-order valence-electron chi connectivity index (χ0n) is 3.22. The molecule has 6 heavy (non-hydrogen) atoms.